The second-order valence-electron chi connectivity index (χ2n) is 10.9. The number of hydrogen-bond acceptors (Lipinski definition) is 1. The molecule has 0 bridgehead atoms. The van der Waals surface area contributed by atoms with Crippen LogP contribution in [0.2, 0.25) is 0 Å². The van der Waals surface area contributed by atoms with Gasteiger partial charge in [-0.2, -0.15) is 0 Å². The average molecular weight is 414 g/mol. The molecule has 3 aromatic carbocycles. The molecule has 0 aromatic heterocycles. The van der Waals surface area contributed by atoms with Crippen molar-refractivity contribution in [3.05, 3.63) is 88.5 Å². The maximum Gasteiger partial charge on any atom is 0.0520 e. The molecule has 0 saturated carbocycles. The quantitative estimate of drug-likeness (QED) is 0.412. The lowest BCUT2D eigenvalue weighted by Gasteiger charge is -2.31. The van der Waals surface area contributed by atoms with Crippen molar-refractivity contribution in [1.82, 2.24) is 0 Å². The first-order valence-corrected chi connectivity index (χ1v) is 11.5. The molecular weight excluding hydrogens is 374 g/mol. The molecule has 0 spiro atoms. The van der Waals surface area contributed by atoms with E-state index in [1.807, 2.05) is 0 Å². The van der Waals surface area contributed by atoms with Gasteiger partial charge in [0, 0.05) is 11.4 Å². The molecule has 0 aliphatic rings. The van der Waals surface area contributed by atoms with Crippen LogP contribution in [0.15, 0.2) is 60.7 Å². The second-order valence-corrected chi connectivity index (χ2v) is 10.9. The van der Waals surface area contributed by atoms with E-state index in [2.05, 4.69) is 128 Å². The summed E-state index contributed by atoms with van der Waals surface area (Å²) in [6.07, 6.45) is 1.05. The first-order valence-electron chi connectivity index (χ1n) is 11.5. The first-order chi connectivity index (χ1) is 14.4. The smallest absolute Gasteiger partial charge is 0.0520 e. The third-order valence-corrected chi connectivity index (χ3v) is 6.18. The van der Waals surface area contributed by atoms with E-state index in [4.69, 9.17) is 0 Å². The SMILES string of the molecule is CCc1ccc(N(c2ccc(C(C)(C)C)cc2)c2c(C)cc(C(C)(C)C)cc2C)cc1. The summed E-state index contributed by atoms with van der Waals surface area (Å²) in [4.78, 5) is 2.42. The normalized spacial score (nSPS) is 12.2. The summed E-state index contributed by atoms with van der Waals surface area (Å²) < 4.78 is 0. The summed E-state index contributed by atoms with van der Waals surface area (Å²) in [6.45, 7) is 20.4. The Balaban J connectivity index is 2.19. The minimum Gasteiger partial charge on any atom is -0.310 e. The number of aryl methyl sites for hydroxylation is 3. The standard InChI is InChI=1S/C30H39N/c1-10-23-11-15-26(16-12-23)31(27-17-13-24(14-18-27)29(4,5)6)28-21(2)19-25(20-22(28)3)30(7,8)9/h11-20H,10H2,1-9H3. The fourth-order valence-electron chi connectivity index (χ4n) is 4.14. The number of nitrogens with zero attached hydrogens (tertiary/aromatic N) is 1. The van der Waals surface area contributed by atoms with E-state index in [9.17, 15) is 0 Å². The molecule has 0 aliphatic heterocycles. The molecule has 1 heteroatoms. The molecule has 0 atom stereocenters. The van der Waals surface area contributed by atoms with E-state index < -0.39 is 0 Å². The summed E-state index contributed by atoms with van der Waals surface area (Å²) in [5.74, 6) is 0. The zero-order valence-corrected chi connectivity index (χ0v) is 20.9. The highest BCUT2D eigenvalue weighted by atomic mass is 15.1. The van der Waals surface area contributed by atoms with Crippen LogP contribution in [0.25, 0.3) is 0 Å². The Morgan fingerprint density at radius 2 is 1.03 bits per heavy atom. The average Bonchev–Trinajstić information content (AvgIpc) is 2.69. The largest absolute Gasteiger partial charge is 0.310 e. The predicted octanol–water partition coefficient (Wildman–Crippen LogP) is 8.93. The lowest BCUT2D eigenvalue weighted by molar-refractivity contribution is 0.589. The molecule has 0 saturated heterocycles. The van der Waals surface area contributed by atoms with E-state index in [1.54, 1.807) is 0 Å². The second kappa shape index (κ2) is 8.54. The van der Waals surface area contributed by atoms with E-state index in [0.29, 0.717) is 0 Å². The van der Waals surface area contributed by atoms with Gasteiger partial charge in [0.2, 0.25) is 0 Å². The Morgan fingerprint density at radius 1 is 0.613 bits per heavy atom. The fraction of sp³-hybridized carbons (Fsp3) is 0.400. The Morgan fingerprint density at radius 3 is 1.42 bits per heavy atom. The van der Waals surface area contributed by atoms with Crippen LogP contribution in [-0.2, 0) is 17.3 Å². The van der Waals surface area contributed by atoms with Crippen molar-refractivity contribution >= 4 is 17.1 Å². The lowest BCUT2D eigenvalue weighted by Crippen LogP contribution is -2.17. The predicted molar refractivity (Wildman–Crippen MR) is 137 cm³/mol. The van der Waals surface area contributed by atoms with Gasteiger partial charge in [-0.1, -0.05) is 84.9 Å². The van der Waals surface area contributed by atoms with Crippen LogP contribution in [0, 0.1) is 13.8 Å². The van der Waals surface area contributed by atoms with Gasteiger partial charge in [0.25, 0.3) is 0 Å². The van der Waals surface area contributed by atoms with Gasteiger partial charge in [-0.3, -0.25) is 0 Å². The lowest BCUT2D eigenvalue weighted by atomic mass is 9.84. The van der Waals surface area contributed by atoms with Crippen molar-refractivity contribution in [2.75, 3.05) is 4.90 Å². The van der Waals surface area contributed by atoms with E-state index in [-0.39, 0.29) is 10.8 Å². The summed E-state index contributed by atoms with van der Waals surface area (Å²) in [5, 5.41) is 0. The van der Waals surface area contributed by atoms with Crippen molar-refractivity contribution < 1.29 is 0 Å². The molecule has 3 rings (SSSR count). The van der Waals surface area contributed by atoms with Gasteiger partial charge in [0.05, 0.1) is 5.69 Å². The van der Waals surface area contributed by atoms with E-state index >= 15 is 0 Å². The van der Waals surface area contributed by atoms with Crippen LogP contribution in [0.4, 0.5) is 17.1 Å². The number of rotatable bonds is 4. The zero-order chi connectivity index (χ0) is 23.0. The summed E-state index contributed by atoms with van der Waals surface area (Å²) >= 11 is 0. The number of anilines is 3. The Hall–Kier alpha value is -2.54. The van der Waals surface area contributed by atoms with Crippen LogP contribution < -0.4 is 4.90 Å². The fourth-order valence-corrected chi connectivity index (χ4v) is 4.14. The van der Waals surface area contributed by atoms with Crippen molar-refractivity contribution in [2.24, 2.45) is 0 Å². The molecule has 164 valence electrons. The molecule has 3 aromatic rings. The van der Waals surface area contributed by atoms with E-state index in [1.165, 1.54) is 44.9 Å². The van der Waals surface area contributed by atoms with Crippen LogP contribution in [-0.4, -0.2) is 0 Å². The monoisotopic (exact) mass is 413 g/mol. The van der Waals surface area contributed by atoms with Crippen molar-refractivity contribution in [2.45, 2.75) is 79.6 Å². The third kappa shape index (κ3) is 5.03. The number of benzene rings is 3. The molecule has 1 nitrogen and oxygen atoms in total. The van der Waals surface area contributed by atoms with Gasteiger partial charge in [-0.05, 0) is 83.2 Å². The maximum absolute atomic E-state index is 2.42. The molecule has 0 heterocycles. The summed E-state index contributed by atoms with van der Waals surface area (Å²) in [7, 11) is 0. The van der Waals surface area contributed by atoms with Gasteiger partial charge >= 0.3 is 0 Å². The molecule has 0 radical (unpaired) electrons. The van der Waals surface area contributed by atoms with Crippen molar-refractivity contribution in [1.29, 1.82) is 0 Å². The Bertz CT molecular complexity index is 1000. The van der Waals surface area contributed by atoms with Crippen LogP contribution in [0.5, 0.6) is 0 Å². The highest BCUT2D eigenvalue weighted by Crippen LogP contribution is 2.41. The van der Waals surface area contributed by atoms with Crippen LogP contribution in [0.1, 0.15) is 76.3 Å². The highest BCUT2D eigenvalue weighted by molar-refractivity contribution is 5.81. The highest BCUT2D eigenvalue weighted by Gasteiger charge is 2.22. The maximum atomic E-state index is 2.42. The topological polar surface area (TPSA) is 3.24 Å². The summed E-state index contributed by atoms with van der Waals surface area (Å²) in [6, 6.07) is 22.8. The zero-order valence-electron chi connectivity index (χ0n) is 20.9. The van der Waals surface area contributed by atoms with Gasteiger partial charge in [0.1, 0.15) is 0 Å². The molecule has 0 unspecified atom stereocenters. The first kappa shape index (κ1) is 23.1. The van der Waals surface area contributed by atoms with Crippen molar-refractivity contribution in [3.8, 4) is 0 Å². The molecule has 0 N–H and O–H groups in total. The van der Waals surface area contributed by atoms with Gasteiger partial charge in [-0.15, -0.1) is 0 Å². The Labute approximate surface area is 190 Å². The van der Waals surface area contributed by atoms with Crippen LogP contribution in [0.3, 0.4) is 0 Å². The molecule has 0 amide bonds. The van der Waals surface area contributed by atoms with E-state index in [0.717, 1.165) is 6.42 Å². The molecule has 31 heavy (non-hydrogen) atoms. The van der Waals surface area contributed by atoms with Gasteiger partial charge < -0.3 is 4.90 Å². The van der Waals surface area contributed by atoms with Gasteiger partial charge in [-0.25, -0.2) is 0 Å². The van der Waals surface area contributed by atoms with Gasteiger partial charge in [0.15, 0.2) is 0 Å². The van der Waals surface area contributed by atoms with Crippen LogP contribution >= 0.6 is 0 Å². The molecular formula is C30H39N. The minimum atomic E-state index is 0.135. The molecule has 0 aliphatic carbocycles. The molecule has 0 fully saturated rings. The minimum absolute atomic E-state index is 0.135. The summed E-state index contributed by atoms with van der Waals surface area (Å²) in [5.41, 5.74) is 10.7. The number of hydrogen-bond donors (Lipinski definition) is 0. The third-order valence-electron chi connectivity index (χ3n) is 6.18. The van der Waals surface area contributed by atoms with Crippen molar-refractivity contribution in [3.63, 3.8) is 0 Å². The Kier molecular flexibility index (Phi) is 6.37.